The lowest BCUT2D eigenvalue weighted by molar-refractivity contribution is -0.149. The molecule has 1 N–H and O–H groups in total. The van der Waals surface area contributed by atoms with Crippen LogP contribution in [-0.2, 0) is 9.47 Å². The summed E-state index contributed by atoms with van der Waals surface area (Å²) in [7, 11) is 0. The fraction of sp³-hybridized carbons (Fsp3) is 1.00. The minimum Gasteiger partial charge on any atom is -0.375 e. The van der Waals surface area contributed by atoms with E-state index in [0.29, 0.717) is 12.2 Å². The Balaban J connectivity index is 1.41. The maximum atomic E-state index is 6.46. The molecule has 0 aromatic rings. The van der Waals surface area contributed by atoms with Gasteiger partial charge in [-0.05, 0) is 57.9 Å². The normalized spacial score (nSPS) is 36.1. The number of ether oxygens (including phenoxy) is 2. The van der Waals surface area contributed by atoms with Crippen molar-refractivity contribution in [1.82, 2.24) is 5.32 Å². The molecule has 2 saturated carbocycles. The number of hydrogen-bond donors (Lipinski definition) is 1. The molecule has 0 aromatic heterocycles. The first-order valence-electron chi connectivity index (χ1n) is 9.32. The molecular weight excluding hydrogens is 262 g/mol. The van der Waals surface area contributed by atoms with E-state index in [1.165, 1.54) is 64.3 Å². The standard InChI is InChI=1S/C18H33NO2/c1-2-12-19-15-5-7-16(8-6-15)21-17-9-13-20-18(14-17)10-3-4-11-18/h15-17,19H,2-14H2,1H3. The van der Waals surface area contributed by atoms with Crippen LogP contribution in [0.3, 0.4) is 0 Å². The molecule has 3 fully saturated rings. The Morgan fingerprint density at radius 3 is 2.52 bits per heavy atom. The van der Waals surface area contributed by atoms with Gasteiger partial charge in [0.05, 0.1) is 17.8 Å². The fourth-order valence-electron chi connectivity index (χ4n) is 4.49. The van der Waals surface area contributed by atoms with E-state index in [1.807, 2.05) is 0 Å². The summed E-state index contributed by atoms with van der Waals surface area (Å²) in [5.41, 5.74) is 0.197. The Hall–Kier alpha value is -0.120. The molecule has 1 heterocycles. The van der Waals surface area contributed by atoms with Crippen molar-refractivity contribution in [2.75, 3.05) is 13.2 Å². The number of rotatable bonds is 5. The van der Waals surface area contributed by atoms with Crippen molar-refractivity contribution in [3.63, 3.8) is 0 Å². The zero-order chi connectivity index (χ0) is 14.5. The average molecular weight is 295 g/mol. The van der Waals surface area contributed by atoms with Crippen molar-refractivity contribution in [3.8, 4) is 0 Å². The third-order valence-corrected chi connectivity index (χ3v) is 5.70. The molecule has 1 saturated heterocycles. The molecule has 1 atom stereocenters. The highest BCUT2D eigenvalue weighted by Crippen LogP contribution is 2.41. The minimum atomic E-state index is 0.197. The van der Waals surface area contributed by atoms with Gasteiger partial charge >= 0.3 is 0 Å². The summed E-state index contributed by atoms with van der Waals surface area (Å²) in [6.07, 6.45) is 14.8. The van der Waals surface area contributed by atoms with E-state index in [-0.39, 0.29) is 5.60 Å². The molecule has 3 rings (SSSR count). The monoisotopic (exact) mass is 295 g/mol. The summed E-state index contributed by atoms with van der Waals surface area (Å²) in [5, 5.41) is 3.66. The summed E-state index contributed by atoms with van der Waals surface area (Å²) in [4.78, 5) is 0. The van der Waals surface area contributed by atoms with Gasteiger partial charge in [0.25, 0.3) is 0 Å². The number of hydrogen-bond acceptors (Lipinski definition) is 3. The van der Waals surface area contributed by atoms with Crippen molar-refractivity contribution in [2.45, 2.75) is 101 Å². The van der Waals surface area contributed by atoms with Gasteiger partial charge in [-0.25, -0.2) is 0 Å². The van der Waals surface area contributed by atoms with E-state index in [2.05, 4.69) is 12.2 Å². The van der Waals surface area contributed by atoms with Crippen molar-refractivity contribution in [2.24, 2.45) is 0 Å². The van der Waals surface area contributed by atoms with Crippen molar-refractivity contribution in [3.05, 3.63) is 0 Å². The van der Waals surface area contributed by atoms with Crippen LogP contribution in [0, 0.1) is 0 Å². The smallest absolute Gasteiger partial charge is 0.0707 e. The van der Waals surface area contributed by atoms with Crippen molar-refractivity contribution < 1.29 is 9.47 Å². The molecule has 2 aliphatic carbocycles. The van der Waals surface area contributed by atoms with Gasteiger partial charge < -0.3 is 14.8 Å². The van der Waals surface area contributed by atoms with Crippen LogP contribution in [0.15, 0.2) is 0 Å². The summed E-state index contributed by atoms with van der Waals surface area (Å²) < 4.78 is 12.6. The average Bonchev–Trinajstić information content (AvgIpc) is 2.94. The third-order valence-electron chi connectivity index (χ3n) is 5.70. The predicted molar refractivity (Wildman–Crippen MR) is 85.6 cm³/mol. The van der Waals surface area contributed by atoms with Crippen LogP contribution in [0.2, 0.25) is 0 Å². The molecule has 0 aromatic carbocycles. The molecule has 1 aliphatic heterocycles. The molecule has 0 radical (unpaired) electrons. The highest BCUT2D eigenvalue weighted by atomic mass is 16.5. The largest absolute Gasteiger partial charge is 0.375 e. The Kier molecular flexibility index (Phi) is 5.58. The van der Waals surface area contributed by atoms with Gasteiger partial charge in [-0.2, -0.15) is 0 Å². The van der Waals surface area contributed by atoms with Gasteiger partial charge in [-0.1, -0.05) is 19.8 Å². The molecule has 21 heavy (non-hydrogen) atoms. The molecule has 3 nitrogen and oxygen atoms in total. The van der Waals surface area contributed by atoms with Gasteiger partial charge in [0.2, 0.25) is 0 Å². The second-order valence-electron chi connectivity index (χ2n) is 7.42. The lowest BCUT2D eigenvalue weighted by Gasteiger charge is -2.40. The maximum Gasteiger partial charge on any atom is 0.0707 e. The Bertz CT molecular complexity index is 306. The first-order chi connectivity index (χ1) is 10.3. The summed E-state index contributed by atoms with van der Waals surface area (Å²) >= 11 is 0. The van der Waals surface area contributed by atoms with Crippen LogP contribution in [0.4, 0.5) is 0 Å². The van der Waals surface area contributed by atoms with Crippen LogP contribution in [0.1, 0.15) is 77.6 Å². The highest BCUT2D eigenvalue weighted by molar-refractivity contribution is 4.92. The van der Waals surface area contributed by atoms with Crippen LogP contribution in [0.25, 0.3) is 0 Å². The fourth-order valence-corrected chi connectivity index (χ4v) is 4.49. The third kappa shape index (κ3) is 4.20. The molecule has 3 aliphatic rings. The van der Waals surface area contributed by atoms with Gasteiger partial charge in [0, 0.05) is 19.1 Å². The van der Waals surface area contributed by atoms with Crippen LogP contribution >= 0.6 is 0 Å². The maximum absolute atomic E-state index is 6.46. The van der Waals surface area contributed by atoms with Gasteiger partial charge in [0.1, 0.15) is 0 Å². The minimum absolute atomic E-state index is 0.197. The van der Waals surface area contributed by atoms with Crippen LogP contribution in [-0.4, -0.2) is 37.0 Å². The molecule has 1 spiro atoms. The topological polar surface area (TPSA) is 30.5 Å². The van der Waals surface area contributed by atoms with Crippen LogP contribution in [0.5, 0.6) is 0 Å². The van der Waals surface area contributed by atoms with Crippen molar-refractivity contribution >= 4 is 0 Å². The van der Waals surface area contributed by atoms with Gasteiger partial charge in [-0.15, -0.1) is 0 Å². The second-order valence-corrected chi connectivity index (χ2v) is 7.42. The molecule has 3 heteroatoms. The second kappa shape index (κ2) is 7.43. The quantitative estimate of drug-likeness (QED) is 0.836. The molecule has 0 amide bonds. The lowest BCUT2D eigenvalue weighted by Crippen LogP contribution is -2.43. The molecule has 0 bridgehead atoms. The van der Waals surface area contributed by atoms with Crippen molar-refractivity contribution in [1.29, 1.82) is 0 Å². The van der Waals surface area contributed by atoms with Gasteiger partial charge in [-0.3, -0.25) is 0 Å². The van der Waals surface area contributed by atoms with E-state index in [1.54, 1.807) is 0 Å². The van der Waals surface area contributed by atoms with Gasteiger partial charge in [0.15, 0.2) is 0 Å². The molecule has 1 unspecified atom stereocenters. The predicted octanol–water partition coefficient (Wildman–Crippen LogP) is 3.81. The van der Waals surface area contributed by atoms with E-state index in [4.69, 9.17) is 9.47 Å². The molecular formula is C18H33NO2. The number of nitrogens with one attached hydrogen (secondary N) is 1. The summed E-state index contributed by atoms with van der Waals surface area (Å²) in [5.74, 6) is 0. The van der Waals surface area contributed by atoms with E-state index in [0.717, 1.165) is 25.5 Å². The van der Waals surface area contributed by atoms with E-state index < -0.39 is 0 Å². The van der Waals surface area contributed by atoms with Crippen LogP contribution < -0.4 is 5.32 Å². The van der Waals surface area contributed by atoms with E-state index >= 15 is 0 Å². The Morgan fingerprint density at radius 2 is 1.81 bits per heavy atom. The van der Waals surface area contributed by atoms with E-state index in [9.17, 15) is 0 Å². The molecule has 122 valence electrons. The zero-order valence-corrected chi connectivity index (χ0v) is 13.7. The highest BCUT2D eigenvalue weighted by Gasteiger charge is 2.41. The summed E-state index contributed by atoms with van der Waals surface area (Å²) in [6.45, 7) is 4.32. The lowest BCUT2D eigenvalue weighted by atomic mass is 9.89. The zero-order valence-electron chi connectivity index (χ0n) is 13.7. The summed E-state index contributed by atoms with van der Waals surface area (Å²) in [6, 6.07) is 0.737. The SMILES string of the molecule is CCCNC1CCC(OC2CCOC3(CCCC3)C2)CC1. The Labute approximate surface area is 130 Å². The first kappa shape index (κ1) is 15.8. The Morgan fingerprint density at radius 1 is 1.05 bits per heavy atom. The first-order valence-corrected chi connectivity index (χ1v) is 9.32.